The van der Waals surface area contributed by atoms with E-state index >= 15 is 0 Å². The third kappa shape index (κ3) is 46.5. The van der Waals surface area contributed by atoms with Crippen LogP contribution in [0.2, 0.25) is 0 Å². The van der Waals surface area contributed by atoms with Crippen molar-refractivity contribution in [3.8, 4) is 0 Å². The maximum Gasteiger partial charge on any atom is 0.306 e. The van der Waals surface area contributed by atoms with Gasteiger partial charge in [0.2, 0.25) is 0 Å². The van der Waals surface area contributed by atoms with Crippen LogP contribution in [-0.2, 0) is 23.8 Å². The SMILES string of the molecule is CC/C=C\C/C=C\C/C=C\CCCCCCCC(=O)OC(COCCCCCCCCCCCC)COC(=O)CCCCCCCCC/C=C\CCCCCCCC. The van der Waals surface area contributed by atoms with Gasteiger partial charge in [-0.15, -0.1) is 0 Å². The van der Waals surface area contributed by atoms with Crippen molar-refractivity contribution in [3.05, 3.63) is 48.6 Å². The molecule has 5 nitrogen and oxygen atoms in total. The first-order valence-corrected chi connectivity index (χ1v) is 25.2. The molecule has 0 aliphatic carbocycles. The standard InChI is InChI=1S/C53H96O5/c1-4-7-10-13-16-19-22-24-26-27-29-30-32-34-37-40-43-46-52(54)57-50-51(49-56-48-45-42-39-36-21-18-15-12-9-6-3)58-53(55)47-44-41-38-35-33-31-28-25-23-20-17-14-11-8-5-2/h8,11,17,20,24-26,28,51H,4-7,9-10,12-16,18-19,21-23,27,29-50H2,1-3H3/b11-8-,20-17-,26-24-,28-25-. The van der Waals surface area contributed by atoms with Gasteiger partial charge in [0.15, 0.2) is 6.10 Å². The normalized spacial score (nSPS) is 12.5. The lowest BCUT2D eigenvalue weighted by Gasteiger charge is -2.18. The third-order valence-corrected chi connectivity index (χ3v) is 10.8. The molecule has 0 radical (unpaired) electrons. The summed E-state index contributed by atoms with van der Waals surface area (Å²) in [6.45, 7) is 7.71. The Morgan fingerprint density at radius 3 is 1.26 bits per heavy atom. The summed E-state index contributed by atoms with van der Waals surface area (Å²) in [5.41, 5.74) is 0. The van der Waals surface area contributed by atoms with Crippen molar-refractivity contribution in [2.45, 2.75) is 258 Å². The zero-order valence-corrected chi connectivity index (χ0v) is 38.8. The predicted molar refractivity (Wildman–Crippen MR) is 251 cm³/mol. The molecule has 5 heteroatoms. The summed E-state index contributed by atoms with van der Waals surface area (Å²) in [7, 11) is 0. The molecule has 0 heterocycles. The van der Waals surface area contributed by atoms with E-state index in [1.165, 1.54) is 148 Å². The molecule has 0 aromatic carbocycles. The maximum absolute atomic E-state index is 12.8. The van der Waals surface area contributed by atoms with Crippen molar-refractivity contribution in [3.63, 3.8) is 0 Å². The van der Waals surface area contributed by atoms with Gasteiger partial charge in [-0.25, -0.2) is 0 Å². The summed E-state index contributed by atoms with van der Waals surface area (Å²) >= 11 is 0. The molecule has 0 aliphatic rings. The van der Waals surface area contributed by atoms with Gasteiger partial charge in [0.05, 0.1) is 6.61 Å². The Morgan fingerprint density at radius 2 is 0.776 bits per heavy atom. The average molecular weight is 813 g/mol. The molecule has 0 aromatic heterocycles. The van der Waals surface area contributed by atoms with Crippen LogP contribution in [0.25, 0.3) is 0 Å². The maximum atomic E-state index is 12.8. The van der Waals surface area contributed by atoms with E-state index in [0.717, 1.165) is 70.6 Å². The second-order valence-electron chi connectivity index (χ2n) is 16.7. The number of ether oxygens (including phenoxy) is 3. The third-order valence-electron chi connectivity index (χ3n) is 10.8. The molecule has 58 heavy (non-hydrogen) atoms. The molecule has 1 atom stereocenters. The second-order valence-corrected chi connectivity index (χ2v) is 16.7. The zero-order chi connectivity index (χ0) is 42.1. The highest BCUT2D eigenvalue weighted by Gasteiger charge is 2.17. The van der Waals surface area contributed by atoms with Gasteiger partial charge >= 0.3 is 11.9 Å². The van der Waals surface area contributed by atoms with Crippen molar-refractivity contribution >= 4 is 11.9 Å². The highest BCUT2D eigenvalue weighted by atomic mass is 16.6. The van der Waals surface area contributed by atoms with Crippen molar-refractivity contribution in [2.75, 3.05) is 19.8 Å². The molecular formula is C53H96O5. The van der Waals surface area contributed by atoms with Crippen molar-refractivity contribution in [2.24, 2.45) is 0 Å². The molecule has 338 valence electrons. The van der Waals surface area contributed by atoms with E-state index in [9.17, 15) is 9.59 Å². The molecule has 0 saturated heterocycles. The minimum Gasteiger partial charge on any atom is -0.462 e. The van der Waals surface area contributed by atoms with Gasteiger partial charge in [0.1, 0.15) is 6.61 Å². The van der Waals surface area contributed by atoms with E-state index < -0.39 is 6.10 Å². The molecular weight excluding hydrogens is 717 g/mol. The van der Waals surface area contributed by atoms with Gasteiger partial charge in [0.25, 0.3) is 0 Å². The molecule has 1 unspecified atom stereocenters. The first kappa shape index (κ1) is 55.9. The van der Waals surface area contributed by atoms with Gasteiger partial charge in [-0.2, -0.15) is 0 Å². The van der Waals surface area contributed by atoms with Crippen LogP contribution >= 0.6 is 0 Å². The second kappa shape index (κ2) is 49.2. The average Bonchev–Trinajstić information content (AvgIpc) is 3.22. The van der Waals surface area contributed by atoms with Crippen LogP contribution in [-0.4, -0.2) is 37.9 Å². The van der Waals surface area contributed by atoms with E-state index in [2.05, 4.69) is 69.4 Å². The lowest BCUT2D eigenvalue weighted by atomic mass is 10.1. The predicted octanol–water partition coefficient (Wildman–Crippen LogP) is 16.8. The van der Waals surface area contributed by atoms with Crippen LogP contribution in [0.4, 0.5) is 0 Å². The quantitative estimate of drug-likeness (QED) is 0.0348. The van der Waals surface area contributed by atoms with Crippen LogP contribution in [0.15, 0.2) is 48.6 Å². The first-order chi connectivity index (χ1) is 28.6. The first-order valence-electron chi connectivity index (χ1n) is 25.2. The highest BCUT2D eigenvalue weighted by Crippen LogP contribution is 2.14. The molecule has 0 rings (SSSR count). The van der Waals surface area contributed by atoms with E-state index in [1.54, 1.807) is 0 Å². The van der Waals surface area contributed by atoms with Crippen molar-refractivity contribution in [1.29, 1.82) is 0 Å². The summed E-state index contributed by atoms with van der Waals surface area (Å²) < 4.78 is 17.3. The monoisotopic (exact) mass is 813 g/mol. The van der Waals surface area contributed by atoms with E-state index in [0.29, 0.717) is 19.4 Å². The molecule has 0 N–H and O–H groups in total. The fourth-order valence-electron chi connectivity index (χ4n) is 7.11. The summed E-state index contributed by atoms with van der Waals surface area (Å²) in [4.78, 5) is 25.3. The molecule has 0 bridgehead atoms. The van der Waals surface area contributed by atoms with Gasteiger partial charge in [-0.3, -0.25) is 9.59 Å². The number of rotatable bonds is 46. The molecule has 0 fully saturated rings. The minimum absolute atomic E-state index is 0.0786. The molecule has 0 aliphatic heterocycles. The highest BCUT2D eigenvalue weighted by molar-refractivity contribution is 5.70. The van der Waals surface area contributed by atoms with Gasteiger partial charge in [-0.05, 0) is 77.0 Å². The fourth-order valence-corrected chi connectivity index (χ4v) is 7.11. The van der Waals surface area contributed by atoms with Crippen LogP contribution in [0.1, 0.15) is 252 Å². The number of hydrogen-bond acceptors (Lipinski definition) is 5. The summed E-state index contributed by atoms with van der Waals surface area (Å²) in [5, 5.41) is 0. The van der Waals surface area contributed by atoms with Crippen LogP contribution in [0.5, 0.6) is 0 Å². The van der Waals surface area contributed by atoms with E-state index in [-0.39, 0.29) is 25.2 Å². The van der Waals surface area contributed by atoms with Crippen molar-refractivity contribution in [1.82, 2.24) is 0 Å². The Balaban J connectivity index is 4.23. The number of unbranched alkanes of at least 4 members (excludes halogenated alkanes) is 27. The molecule has 0 spiro atoms. The van der Waals surface area contributed by atoms with Crippen LogP contribution in [0, 0.1) is 0 Å². The van der Waals surface area contributed by atoms with Crippen molar-refractivity contribution < 1.29 is 23.8 Å². The Morgan fingerprint density at radius 1 is 0.397 bits per heavy atom. The number of esters is 2. The van der Waals surface area contributed by atoms with Crippen LogP contribution < -0.4 is 0 Å². The van der Waals surface area contributed by atoms with Gasteiger partial charge < -0.3 is 14.2 Å². The molecule has 0 aromatic rings. The smallest absolute Gasteiger partial charge is 0.306 e. The number of allylic oxidation sites excluding steroid dienone is 8. The van der Waals surface area contributed by atoms with Crippen LogP contribution in [0.3, 0.4) is 0 Å². The molecule has 0 amide bonds. The summed E-state index contributed by atoms with van der Waals surface area (Å²) in [6.07, 6.45) is 59.7. The Hall–Kier alpha value is -2.14. The van der Waals surface area contributed by atoms with E-state index in [1.807, 2.05) is 0 Å². The molecule has 0 saturated carbocycles. The number of carbonyl (C=O) groups is 2. The zero-order valence-electron chi connectivity index (χ0n) is 38.8. The topological polar surface area (TPSA) is 61.8 Å². The Bertz CT molecular complexity index is 966. The Kier molecular flexibility index (Phi) is 47.4. The number of hydrogen-bond donors (Lipinski definition) is 0. The number of carbonyl (C=O) groups excluding carboxylic acids is 2. The summed E-state index contributed by atoms with van der Waals surface area (Å²) in [5.74, 6) is -0.413. The lowest BCUT2D eigenvalue weighted by Crippen LogP contribution is -2.30. The van der Waals surface area contributed by atoms with Gasteiger partial charge in [-0.1, -0.05) is 211 Å². The lowest BCUT2D eigenvalue weighted by molar-refractivity contribution is -0.163. The largest absolute Gasteiger partial charge is 0.462 e. The fraction of sp³-hybridized carbons (Fsp3) is 0.811. The van der Waals surface area contributed by atoms with Gasteiger partial charge in [0, 0.05) is 19.4 Å². The summed E-state index contributed by atoms with van der Waals surface area (Å²) in [6, 6.07) is 0. The minimum atomic E-state index is -0.542. The van der Waals surface area contributed by atoms with E-state index in [4.69, 9.17) is 14.2 Å². The Labute approximate surface area is 361 Å².